The summed E-state index contributed by atoms with van der Waals surface area (Å²) in [6, 6.07) is 3.92. The molecule has 0 unspecified atom stereocenters. The smallest absolute Gasteiger partial charge is 0.133 e. The number of halogens is 1. The van der Waals surface area contributed by atoms with Crippen molar-refractivity contribution in [1.82, 2.24) is 9.97 Å². The van der Waals surface area contributed by atoms with E-state index >= 15 is 0 Å². The van der Waals surface area contributed by atoms with Crippen LogP contribution in [0, 0.1) is 6.92 Å². The maximum Gasteiger partial charge on any atom is 0.133 e. The lowest BCUT2D eigenvalue weighted by molar-refractivity contribution is 0.931. The van der Waals surface area contributed by atoms with Gasteiger partial charge in [0.25, 0.3) is 0 Å². The molecule has 1 N–H and O–H groups in total. The molecule has 96 valence electrons. The van der Waals surface area contributed by atoms with E-state index in [-0.39, 0.29) is 0 Å². The molecular weight excluding hydrogens is 266 g/mol. The average Bonchev–Trinajstić information content (AvgIpc) is 2.78. The Balaban J connectivity index is 2.54. The zero-order valence-electron chi connectivity index (χ0n) is 10.7. The molecule has 0 aliphatic heterocycles. The van der Waals surface area contributed by atoms with Crippen LogP contribution >= 0.6 is 22.9 Å². The molecule has 2 aromatic heterocycles. The van der Waals surface area contributed by atoms with Crippen LogP contribution in [0.3, 0.4) is 0 Å². The summed E-state index contributed by atoms with van der Waals surface area (Å²) in [6.45, 7) is 7.02. The molecule has 2 heterocycles. The van der Waals surface area contributed by atoms with E-state index < -0.39 is 0 Å². The van der Waals surface area contributed by atoms with E-state index in [1.54, 1.807) is 11.3 Å². The van der Waals surface area contributed by atoms with E-state index in [9.17, 15) is 0 Å². The lowest BCUT2D eigenvalue weighted by atomic mass is 10.2. The van der Waals surface area contributed by atoms with Crippen molar-refractivity contribution in [2.45, 2.75) is 27.2 Å². The predicted octanol–water partition coefficient (Wildman–Crippen LogP) is 4.16. The minimum atomic E-state index is 0.783. The summed E-state index contributed by atoms with van der Waals surface area (Å²) >= 11 is 7.55. The Bertz CT molecular complexity index is 551. The highest BCUT2D eigenvalue weighted by atomic mass is 35.5. The number of aryl methyl sites for hydroxylation is 1. The summed E-state index contributed by atoms with van der Waals surface area (Å²) in [4.78, 5) is 10.2. The normalized spacial score (nSPS) is 10.7. The van der Waals surface area contributed by atoms with Crippen molar-refractivity contribution in [3.05, 3.63) is 27.9 Å². The lowest BCUT2D eigenvalue weighted by Gasteiger charge is -2.11. The second-order valence-corrected chi connectivity index (χ2v) is 5.66. The van der Waals surface area contributed by atoms with Crippen molar-refractivity contribution < 1.29 is 0 Å². The number of nitrogens with zero attached hydrogens (tertiary/aromatic N) is 2. The first-order chi connectivity index (χ1) is 8.65. The Morgan fingerprint density at radius 2 is 2.06 bits per heavy atom. The molecule has 2 aromatic rings. The molecule has 0 saturated heterocycles. The summed E-state index contributed by atoms with van der Waals surface area (Å²) in [5.41, 5.74) is 2.06. The van der Waals surface area contributed by atoms with Crippen LogP contribution in [0.5, 0.6) is 0 Å². The first-order valence-corrected chi connectivity index (χ1v) is 7.22. The van der Waals surface area contributed by atoms with Crippen LogP contribution in [-0.2, 0) is 6.42 Å². The van der Waals surface area contributed by atoms with Crippen LogP contribution in [0.25, 0.3) is 10.6 Å². The average molecular weight is 282 g/mol. The molecule has 0 fully saturated rings. The summed E-state index contributed by atoms with van der Waals surface area (Å²) in [6.07, 6.45) is 0.824. The van der Waals surface area contributed by atoms with Gasteiger partial charge in [0.1, 0.15) is 11.6 Å². The maximum atomic E-state index is 6.00. The molecule has 18 heavy (non-hydrogen) atoms. The molecule has 0 radical (unpaired) electrons. The van der Waals surface area contributed by atoms with Gasteiger partial charge in [0.05, 0.1) is 14.9 Å². The standard InChI is InChI=1S/C13H16ClN3S/c1-4-11-16-12(9-6-7-10(14)18-9)8(3)13(17-11)15-5-2/h6-7H,4-5H2,1-3H3,(H,15,16,17). The summed E-state index contributed by atoms with van der Waals surface area (Å²) in [7, 11) is 0. The van der Waals surface area contributed by atoms with Crippen LogP contribution in [0.1, 0.15) is 25.2 Å². The van der Waals surface area contributed by atoms with Crippen molar-refractivity contribution in [3.63, 3.8) is 0 Å². The highest BCUT2D eigenvalue weighted by molar-refractivity contribution is 7.19. The number of hydrogen-bond acceptors (Lipinski definition) is 4. The van der Waals surface area contributed by atoms with Crippen molar-refractivity contribution in [2.75, 3.05) is 11.9 Å². The first kappa shape index (κ1) is 13.3. The highest BCUT2D eigenvalue weighted by Gasteiger charge is 2.13. The van der Waals surface area contributed by atoms with Gasteiger partial charge in [-0.3, -0.25) is 0 Å². The van der Waals surface area contributed by atoms with Gasteiger partial charge in [-0.2, -0.15) is 0 Å². The summed E-state index contributed by atoms with van der Waals surface area (Å²) in [5.74, 6) is 1.78. The van der Waals surface area contributed by atoms with Crippen LogP contribution < -0.4 is 5.32 Å². The molecular formula is C13H16ClN3S. The minimum Gasteiger partial charge on any atom is -0.370 e. The second-order valence-electron chi connectivity index (χ2n) is 3.95. The Hall–Kier alpha value is -1.13. The molecule has 0 aliphatic rings. The number of nitrogens with one attached hydrogen (secondary N) is 1. The van der Waals surface area contributed by atoms with Crippen molar-refractivity contribution >= 4 is 28.8 Å². The zero-order chi connectivity index (χ0) is 13.1. The van der Waals surface area contributed by atoms with Gasteiger partial charge in [-0.15, -0.1) is 11.3 Å². The Kier molecular flexibility index (Phi) is 4.19. The van der Waals surface area contributed by atoms with Gasteiger partial charge in [0, 0.05) is 18.5 Å². The van der Waals surface area contributed by atoms with Crippen LogP contribution in [-0.4, -0.2) is 16.5 Å². The third-order valence-corrected chi connectivity index (χ3v) is 3.90. The Morgan fingerprint density at radius 1 is 1.28 bits per heavy atom. The SMILES string of the molecule is CCNc1nc(CC)nc(-c2ccc(Cl)s2)c1C. The Morgan fingerprint density at radius 3 is 2.61 bits per heavy atom. The largest absolute Gasteiger partial charge is 0.370 e. The van der Waals surface area contributed by atoms with E-state index in [0.717, 1.165) is 45.1 Å². The molecule has 0 bridgehead atoms. The molecule has 0 amide bonds. The number of thiophene rings is 1. The number of aromatic nitrogens is 2. The van der Waals surface area contributed by atoms with Crippen LogP contribution in [0.15, 0.2) is 12.1 Å². The fraction of sp³-hybridized carbons (Fsp3) is 0.385. The van der Waals surface area contributed by atoms with Crippen molar-refractivity contribution in [1.29, 1.82) is 0 Å². The number of rotatable bonds is 4. The van der Waals surface area contributed by atoms with Crippen LogP contribution in [0.4, 0.5) is 5.82 Å². The molecule has 3 nitrogen and oxygen atoms in total. The van der Waals surface area contributed by atoms with E-state index in [0.29, 0.717) is 0 Å². The predicted molar refractivity (Wildman–Crippen MR) is 78.6 cm³/mol. The third kappa shape index (κ3) is 2.65. The number of anilines is 1. The quantitative estimate of drug-likeness (QED) is 0.914. The van der Waals surface area contributed by atoms with Gasteiger partial charge in [-0.1, -0.05) is 18.5 Å². The van der Waals surface area contributed by atoms with Gasteiger partial charge in [0.2, 0.25) is 0 Å². The molecule has 0 atom stereocenters. The van der Waals surface area contributed by atoms with E-state index in [4.69, 9.17) is 11.6 Å². The van der Waals surface area contributed by atoms with Crippen molar-refractivity contribution in [2.24, 2.45) is 0 Å². The summed E-state index contributed by atoms with van der Waals surface area (Å²) < 4.78 is 0.783. The molecule has 0 aromatic carbocycles. The molecule has 0 spiro atoms. The highest BCUT2D eigenvalue weighted by Crippen LogP contribution is 2.33. The molecule has 0 aliphatic carbocycles. The van der Waals surface area contributed by atoms with Crippen molar-refractivity contribution in [3.8, 4) is 10.6 Å². The molecule has 0 saturated carbocycles. The first-order valence-electron chi connectivity index (χ1n) is 6.02. The topological polar surface area (TPSA) is 37.8 Å². The van der Waals surface area contributed by atoms with Gasteiger partial charge in [-0.05, 0) is 26.0 Å². The third-order valence-electron chi connectivity index (χ3n) is 2.66. The van der Waals surface area contributed by atoms with Crippen LogP contribution in [0.2, 0.25) is 4.34 Å². The lowest BCUT2D eigenvalue weighted by Crippen LogP contribution is -2.07. The van der Waals surface area contributed by atoms with Gasteiger partial charge >= 0.3 is 0 Å². The number of hydrogen-bond donors (Lipinski definition) is 1. The fourth-order valence-electron chi connectivity index (χ4n) is 1.74. The summed E-state index contributed by atoms with van der Waals surface area (Å²) in [5, 5.41) is 3.29. The van der Waals surface area contributed by atoms with E-state index in [1.165, 1.54) is 0 Å². The van der Waals surface area contributed by atoms with Gasteiger partial charge in [0.15, 0.2) is 0 Å². The minimum absolute atomic E-state index is 0.783. The van der Waals surface area contributed by atoms with E-state index in [2.05, 4.69) is 29.1 Å². The Labute approximate surface area is 116 Å². The monoisotopic (exact) mass is 281 g/mol. The molecule has 5 heteroatoms. The van der Waals surface area contributed by atoms with E-state index in [1.807, 2.05) is 19.1 Å². The van der Waals surface area contributed by atoms with Gasteiger partial charge < -0.3 is 5.32 Å². The fourth-order valence-corrected chi connectivity index (χ4v) is 2.83. The maximum absolute atomic E-state index is 6.00. The zero-order valence-corrected chi connectivity index (χ0v) is 12.3. The van der Waals surface area contributed by atoms with Gasteiger partial charge in [-0.25, -0.2) is 9.97 Å². The molecule has 2 rings (SSSR count). The second kappa shape index (κ2) is 5.67.